The second-order valence-corrected chi connectivity index (χ2v) is 8.62. The van der Waals surface area contributed by atoms with E-state index in [1.165, 1.54) is 4.31 Å². The van der Waals surface area contributed by atoms with Crippen molar-refractivity contribution < 1.29 is 22.5 Å². The Morgan fingerprint density at radius 2 is 2.26 bits per heavy atom. The predicted molar refractivity (Wildman–Crippen MR) is 79.3 cm³/mol. The summed E-state index contributed by atoms with van der Waals surface area (Å²) in [5.74, 6) is 0.337. The van der Waals surface area contributed by atoms with E-state index in [-0.39, 0.29) is 24.2 Å². The number of hydrogen-bond donors (Lipinski definition) is 0. The Bertz CT molecular complexity index is 760. The third kappa shape index (κ3) is 2.06. The summed E-state index contributed by atoms with van der Waals surface area (Å²) in [5.41, 5.74) is -0.559. The lowest BCUT2D eigenvalue weighted by Gasteiger charge is -2.39. The van der Waals surface area contributed by atoms with Crippen molar-refractivity contribution in [2.45, 2.75) is 37.2 Å². The number of rotatable bonds is 2. The molecule has 0 radical (unpaired) electrons. The van der Waals surface area contributed by atoms with Crippen molar-refractivity contribution >= 4 is 15.9 Å². The Morgan fingerprint density at radius 1 is 1.48 bits per heavy atom. The molecule has 9 heteroatoms. The second-order valence-electron chi connectivity index (χ2n) is 6.51. The van der Waals surface area contributed by atoms with E-state index in [4.69, 9.17) is 9.26 Å². The van der Waals surface area contributed by atoms with E-state index in [1.807, 2.05) is 6.92 Å². The van der Waals surface area contributed by atoms with E-state index < -0.39 is 20.9 Å². The van der Waals surface area contributed by atoms with Gasteiger partial charge >= 0.3 is 0 Å². The van der Waals surface area contributed by atoms with Gasteiger partial charge in [-0.3, -0.25) is 4.79 Å². The van der Waals surface area contributed by atoms with Gasteiger partial charge in [0.1, 0.15) is 16.6 Å². The number of sulfonamides is 1. The number of aromatic nitrogens is 1. The van der Waals surface area contributed by atoms with E-state index in [0.29, 0.717) is 31.8 Å². The molecule has 3 aliphatic rings. The number of likely N-dealkylation sites (tertiary alicyclic amines) is 1. The van der Waals surface area contributed by atoms with Crippen molar-refractivity contribution in [2.24, 2.45) is 0 Å². The number of aryl methyl sites for hydroxylation is 1. The smallest absolute Gasteiger partial charge is 0.276 e. The van der Waals surface area contributed by atoms with Crippen LogP contribution in [0.1, 0.15) is 29.6 Å². The lowest BCUT2D eigenvalue weighted by Crippen LogP contribution is -2.56. The lowest BCUT2D eigenvalue weighted by molar-refractivity contribution is -0.0976. The minimum absolute atomic E-state index is 0.234. The quantitative estimate of drug-likeness (QED) is 0.752. The van der Waals surface area contributed by atoms with E-state index in [9.17, 15) is 13.2 Å². The Morgan fingerprint density at radius 3 is 2.91 bits per heavy atom. The SMILES string of the molecule is CCN1C[C@@]23CN(C(=O)c4cc(C)on4)C[C@@H](C[C@@H]2S1(=O)=O)O3. The first-order valence-corrected chi connectivity index (χ1v) is 9.25. The third-order valence-electron chi connectivity index (χ3n) is 5.00. The summed E-state index contributed by atoms with van der Waals surface area (Å²) in [6, 6.07) is 1.60. The Balaban J connectivity index is 1.64. The Hall–Kier alpha value is -1.45. The number of morpholine rings is 1. The summed E-state index contributed by atoms with van der Waals surface area (Å²) in [4.78, 5) is 14.3. The Kier molecular flexibility index (Phi) is 3.14. The fraction of sp³-hybridized carbons (Fsp3) is 0.714. The van der Waals surface area contributed by atoms with Gasteiger partial charge in [-0.15, -0.1) is 0 Å². The van der Waals surface area contributed by atoms with Crippen molar-refractivity contribution in [1.82, 2.24) is 14.4 Å². The molecule has 1 aromatic heterocycles. The topological polar surface area (TPSA) is 93.0 Å². The molecule has 1 amide bonds. The van der Waals surface area contributed by atoms with Crippen molar-refractivity contribution in [3.05, 3.63) is 17.5 Å². The molecule has 3 aliphatic heterocycles. The minimum Gasteiger partial charge on any atom is -0.365 e. The van der Waals surface area contributed by atoms with Crippen LogP contribution in [0.2, 0.25) is 0 Å². The van der Waals surface area contributed by atoms with Crippen LogP contribution in [0, 0.1) is 6.92 Å². The molecule has 3 saturated heterocycles. The molecule has 4 heterocycles. The van der Waals surface area contributed by atoms with Crippen molar-refractivity contribution in [3.63, 3.8) is 0 Å². The van der Waals surface area contributed by atoms with Gasteiger partial charge in [0, 0.05) is 25.7 Å². The molecule has 0 aliphatic carbocycles. The molecule has 23 heavy (non-hydrogen) atoms. The van der Waals surface area contributed by atoms with Gasteiger partial charge in [-0.2, -0.15) is 4.31 Å². The maximum atomic E-state index is 12.6. The van der Waals surface area contributed by atoms with Gasteiger partial charge in [-0.05, 0) is 13.3 Å². The molecule has 0 N–H and O–H groups in total. The highest BCUT2D eigenvalue weighted by Crippen LogP contribution is 2.46. The molecule has 1 spiro atoms. The number of carbonyl (C=O) groups is 1. The molecule has 4 rings (SSSR count). The molecule has 0 aromatic carbocycles. The van der Waals surface area contributed by atoms with Crippen LogP contribution in [0.4, 0.5) is 0 Å². The second kappa shape index (κ2) is 4.78. The van der Waals surface area contributed by atoms with Crippen LogP contribution in [-0.4, -0.2) is 71.8 Å². The Labute approximate surface area is 134 Å². The average molecular weight is 341 g/mol. The van der Waals surface area contributed by atoms with Gasteiger partial charge in [-0.25, -0.2) is 8.42 Å². The highest BCUT2D eigenvalue weighted by Gasteiger charge is 2.65. The van der Waals surface area contributed by atoms with Gasteiger partial charge < -0.3 is 14.2 Å². The molecule has 3 atom stereocenters. The highest BCUT2D eigenvalue weighted by molar-refractivity contribution is 7.90. The molecule has 2 bridgehead atoms. The first-order valence-electron chi connectivity index (χ1n) is 7.75. The summed E-state index contributed by atoms with van der Waals surface area (Å²) in [7, 11) is -3.35. The number of likely N-dealkylation sites (N-methyl/N-ethyl adjacent to an activating group) is 1. The number of carbonyl (C=O) groups excluding carboxylic acids is 1. The molecule has 1 aromatic rings. The molecular formula is C14H19N3O5S. The zero-order chi connectivity index (χ0) is 16.4. The minimum atomic E-state index is -3.35. The van der Waals surface area contributed by atoms with Crippen molar-refractivity contribution in [2.75, 3.05) is 26.2 Å². The summed E-state index contributed by atoms with van der Waals surface area (Å²) in [6.45, 7) is 4.94. The zero-order valence-corrected chi connectivity index (χ0v) is 13.9. The van der Waals surface area contributed by atoms with Crippen molar-refractivity contribution in [1.29, 1.82) is 0 Å². The number of ether oxygens (including phenoxy) is 1. The van der Waals surface area contributed by atoms with Gasteiger partial charge in [0.25, 0.3) is 5.91 Å². The normalized spacial score (nSPS) is 35.5. The molecule has 126 valence electrons. The van der Waals surface area contributed by atoms with Crippen LogP contribution in [0.15, 0.2) is 10.6 Å². The van der Waals surface area contributed by atoms with E-state index in [2.05, 4.69) is 5.16 Å². The summed E-state index contributed by atoms with van der Waals surface area (Å²) in [6.07, 6.45) is 0.208. The maximum absolute atomic E-state index is 12.6. The number of hydrogen-bond acceptors (Lipinski definition) is 6. The number of amides is 1. The van der Waals surface area contributed by atoms with Crippen molar-refractivity contribution in [3.8, 4) is 0 Å². The van der Waals surface area contributed by atoms with E-state index >= 15 is 0 Å². The molecule has 0 saturated carbocycles. The van der Waals surface area contributed by atoms with Gasteiger partial charge in [-0.1, -0.05) is 12.1 Å². The van der Waals surface area contributed by atoms with Gasteiger partial charge in [0.15, 0.2) is 5.69 Å². The molecule has 8 nitrogen and oxygen atoms in total. The van der Waals surface area contributed by atoms with E-state index in [1.54, 1.807) is 17.9 Å². The summed E-state index contributed by atoms with van der Waals surface area (Å²) >= 11 is 0. The monoisotopic (exact) mass is 341 g/mol. The number of fused-ring (bicyclic) bond motifs is 1. The first-order chi connectivity index (χ1) is 10.9. The summed E-state index contributed by atoms with van der Waals surface area (Å²) < 4.78 is 37.7. The highest BCUT2D eigenvalue weighted by atomic mass is 32.2. The van der Waals surface area contributed by atoms with Crippen LogP contribution in [0.25, 0.3) is 0 Å². The predicted octanol–water partition coefficient (Wildman–Crippen LogP) is 0.000420. The van der Waals surface area contributed by atoms with Gasteiger partial charge in [0.2, 0.25) is 10.0 Å². The standard InChI is InChI=1S/C14H19N3O5S/c1-3-17-8-14-7-16(13(18)11-4-9(2)22-15-11)6-10(21-14)5-12(14)23(17,19)20/h4,10,12H,3,5-8H2,1-2H3/t10-,12+,14+/m1/s1. The molecular weight excluding hydrogens is 322 g/mol. The fourth-order valence-corrected chi connectivity index (χ4v) is 6.34. The summed E-state index contributed by atoms with van der Waals surface area (Å²) in [5, 5.41) is 3.21. The largest absolute Gasteiger partial charge is 0.365 e. The first kappa shape index (κ1) is 15.1. The fourth-order valence-electron chi connectivity index (χ4n) is 4.02. The zero-order valence-electron chi connectivity index (χ0n) is 13.1. The third-order valence-corrected chi connectivity index (χ3v) is 7.45. The van der Waals surface area contributed by atoms with E-state index in [0.717, 1.165) is 0 Å². The maximum Gasteiger partial charge on any atom is 0.276 e. The van der Waals surface area contributed by atoms with Crippen LogP contribution < -0.4 is 0 Å². The molecule has 0 unspecified atom stereocenters. The van der Waals surface area contributed by atoms with Crippen LogP contribution in [-0.2, 0) is 14.8 Å². The van der Waals surface area contributed by atoms with Crippen LogP contribution >= 0.6 is 0 Å². The van der Waals surface area contributed by atoms with Crippen LogP contribution in [0.5, 0.6) is 0 Å². The molecule has 3 fully saturated rings. The average Bonchev–Trinajstić information content (AvgIpc) is 3.10. The lowest BCUT2D eigenvalue weighted by atomic mass is 9.99. The number of nitrogens with zero attached hydrogens (tertiary/aromatic N) is 3. The van der Waals surface area contributed by atoms with Crippen LogP contribution in [0.3, 0.4) is 0 Å². The van der Waals surface area contributed by atoms with Gasteiger partial charge in [0.05, 0.1) is 12.6 Å².